The van der Waals surface area contributed by atoms with E-state index in [1.807, 2.05) is 18.2 Å². The molecule has 2 aromatic rings. The first-order valence-electron chi connectivity index (χ1n) is 5.36. The molecule has 0 aliphatic rings. The summed E-state index contributed by atoms with van der Waals surface area (Å²) in [4.78, 5) is 11.8. The zero-order valence-corrected chi connectivity index (χ0v) is 11.0. The maximum Gasteiger partial charge on any atom is 0.337 e. The molecular formula is C14H11ClO2S. The van der Waals surface area contributed by atoms with Crippen molar-refractivity contribution in [2.45, 2.75) is 10.6 Å². The van der Waals surface area contributed by atoms with Crippen molar-refractivity contribution >= 4 is 29.3 Å². The predicted molar refractivity (Wildman–Crippen MR) is 74.4 cm³/mol. The van der Waals surface area contributed by atoms with Crippen LogP contribution in [0.15, 0.2) is 53.4 Å². The summed E-state index contributed by atoms with van der Waals surface area (Å²) in [5.74, 6) is -0.163. The van der Waals surface area contributed by atoms with Crippen LogP contribution in [0, 0.1) is 0 Å². The minimum absolute atomic E-state index is 0.140. The molecule has 0 aromatic heterocycles. The number of carboxylic acids is 1. The number of carboxylic acid groups (broad SMARTS) is 1. The zero-order chi connectivity index (χ0) is 13.0. The Morgan fingerprint density at radius 3 is 2.50 bits per heavy atom. The molecule has 0 radical (unpaired) electrons. The number of hydrogen-bond donors (Lipinski definition) is 1. The molecule has 0 aliphatic heterocycles. The van der Waals surface area contributed by atoms with E-state index in [0.29, 0.717) is 0 Å². The van der Waals surface area contributed by atoms with E-state index in [4.69, 9.17) is 16.7 Å². The summed E-state index contributed by atoms with van der Waals surface area (Å²) < 4.78 is 0. The maximum atomic E-state index is 10.8. The van der Waals surface area contributed by atoms with E-state index in [1.54, 1.807) is 23.9 Å². The highest BCUT2D eigenvalue weighted by Crippen LogP contribution is 2.27. The second-order valence-electron chi connectivity index (χ2n) is 3.72. The molecule has 0 bridgehead atoms. The average molecular weight is 279 g/mol. The molecule has 0 aliphatic carbocycles. The minimum Gasteiger partial charge on any atom is -0.478 e. The highest BCUT2D eigenvalue weighted by atomic mass is 35.5. The van der Waals surface area contributed by atoms with Crippen LogP contribution in [0.4, 0.5) is 0 Å². The highest BCUT2D eigenvalue weighted by molar-refractivity contribution is 7.98. The van der Waals surface area contributed by atoms with Gasteiger partial charge in [-0.1, -0.05) is 41.9 Å². The Labute approximate surface area is 115 Å². The third-order valence-corrected chi connectivity index (χ3v) is 3.80. The van der Waals surface area contributed by atoms with Crippen LogP contribution in [0.2, 0.25) is 5.02 Å². The van der Waals surface area contributed by atoms with E-state index in [0.717, 1.165) is 10.6 Å². The van der Waals surface area contributed by atoms with Crippen LogP contribution in [0.25, 0.3) is 0 Å². The molecule has 18 heavy (non-hydrogen) atoms. The van der Waals surface area contributed by atoms with Crippen molar-refractivity contribution in [2.75, 3.05) is 0 Å². The molecule has 0 unspecified atom stereocenters. The molecule has 92 valence electrons. The number of hydrogen-bond acceptors (Lipinski definition) is 2. The maximum absolute atomic E-state index is 10.8. The second-order valence-corrected chi connectivity index (χ2v) is 5.18. The number of thioether (sulfide) groups is 1. The van der Waals surface area contributed by atoms with Gasteiger partial charge in [0.15, 0.2) is 0 Å². The summed E-state index contributed by atoms with van der Waals surface area (Å²) in [6.45, 7) is 0. The fraction of sp³-hybridized carbons (Fsp3) is 0.0714. The van der Waals surface area contributed by atoms with Gasteiger partial charge in [-0.2, -0.15) is 0 Å². The smallest absolute Gasteiger partial charge is 0.337 e. The number of rotatable bonds is 4. The third-order valence-electron chi connectivity index (χ3n) is 2.42. The van der Waals surface area contributed by atoms with Crippen molar-refractivity contribution in [1.29, 1.82) is 0 Å². The summed E-state index contributed by atoms with van der Waals surface area (Å²) in [5.41, 5.74) is 1.36. The lowest BCUT2D eigenvalue weighted by atomic mass is 10.2. The van der Waals surface area contributed by atoms with Crippen LogP contribution >= 0.6 is 23.4 Å². The van der Waals surface area contributed by atoms with Gasteiger partial charge in [0.1, 0.15) is 0 Å². The molecule has 4 heteroatoms. The molecule has 0 atom stereocenters. The Hall–Kier alpha value is -1.45. The molecule has 0 fully saturated rings. The van der Waals surface area contributed by atoms with Gasteiger partial charge in [-0.15, -0.1) is 11.8 Å². The van der Waals surface area contributed by atoms with Gasteiger partial charge < -0.3 is 5.11 Å². The number of aromatic carboxylic acids is 1. The first-order chi connectivity index (χ1) is 8.66. The van der Waals surface area contributed by atoms with Crippen LogP contribution in [0.1, 0.15) is 15.9 Å². The van der Waals surface area contributed by atoms with Crippen molar-refractivity contribution in [2.24, 2.45) is 0 Å². The van der Waals surface area contributed by atoms with Gasteiger partial charge in [0.05, 0.1) is 10.6 Å². The van der Waals surface area contributed by atoms with Gasteiger partial charge in [0.25, 0.3) is 0 Å². The summed E-state index contributed by atoms with van der Waals surface area (Å²) in [5, 5.41) is 9.15. The largest absolute Gasteiger partial charge is 0.478 e. The molecule has 2 nitrogen and oxygen atoms in total. The lowest BCUT2D eigenvalue weighted by molar-refractivity contribution is 0.0697. The van der Waals surface area contributed by atoms with E-state index in [9.17, 15) is 4.79 Å². The van der Waals surface area contributed by atoms with E-state index < -0.39 is 5.97 Å². The van der Waals surface area contributed by atoms with Crippen LogP contribution in [-0.4, -0.2) is 11.1 Å². The lowest BCUT2D eigenvalue weighted by Gasteiger charge is -2.04. The van der Waals surface area contributed by atoms with Crippen molar-refractivity contribution < 1.29 is 9.90 Å². The van der Waals surface area contributed by atoms with Crippen molar-refractivity contribution in [1.82, 2.24) is 0 Å². The molecule has 2 aromatic carbocycles. The van der Waals surface area contributed by atoms with E-state index >= 15 is 0 Å². The SMILES string of the molecule is O=C(O)c1ccc(SCc2ccccc2)cc1Cl. The monoisotopic (exact) mass is 278 g/mol. The van der Waals surface area contributed by atoms with Gasteiger partial charge in [-0.05, 0) is 23.8 Å². The molecule has 0 saturated heterocycles. The fourth-order valence-corrected chi connectivity index (χ4v) is 2.72. The van der Waals surface area contributed by atoms with E-state index in [-0.39, 0.29) is 10.6 Å². The van der Waals surface area contributed by atoms with Gasteiger partial charge in [-0.3, -0.25) is 0 Å². The van der Waals surface area contributed by atoms with Gasteiger partial charge >= 0.3 is 5.97 Å². The Morgan fingerprint density at radius 1 is 1.17 bits per heavy atom. The third kappa shape index (κ3) is 3.28. The predicted octanol–water partition coefficient (Wildman–Crippen LogP) is 4.33. The van der Waals surface area contributed by atoms with Crippen LogP contribution in [0.3, 0.4) is 0 Å². The van der Waals surface area contributed by atoms with Crippen molar-refractivity contribution in [3.63, 3.8) is 0 Å². The topological polar surface area (TPSA) is 37.3 Å². The van der Waals surface area contributed by atoms with Gasteiger partial charge in [-0.25, -0.2) is 4.79 Å². The first-order valence-corrected chi connectivity index (χ1v) is 6.73. The standard InChI is InChI=1S/C14H11ClO2S/c15-13-8-11(6-7-12(13)14(16)17)18-9-10-4-2-1-3-5-10/h1-8H,9H2,(H,16,17). The molecule has 0 spiro atoms. The van der Waals surface area contributed by atoms with Gasteiger partial charge in [0, 0.05) is 10.6 Å². The second kappa shape index (κ2) is 5.94. The summed E-state index contributed by atoms with van der Waals surface area (Å²) in [7, 11) is 0. The normalized spacial score (nSPS) is 10.3. The lowest BCUT2D eigenvalue weighted by Crippen LogP contribution is -1.96. The van der Waals surface area contributed by atoms with E-state index in [2.05, 4.69) is 12.1 Å². The van der Waals surface area contributed by atoms with E-state index in [1.165, 1.54) is 11.6 Å². The molecule has 2 rings (SSSR count). The Balaban J connectivity index is 2.07. The number of carbonyl (C=O) groups is 1. The first kappa shape index (κ1) is 13.0. The van der Waals surface area contributed by atoms with Crippen LogP contribution in [-0.2, 0) is 5.75 Å². The highest BCUT2D eigenvalue weighted by Gasteiger charge is 2.08. The average Bonchev–Trinajstić information content (AvgIpc) is 2.37. The summed E-state index contributed by atoms with van der Waals surface area (Å²) in [6, 6.07) is 15.1. The fourth-order valence-electron chi connectivity index (χ4n) is 1.50. The van der Waals surface area contributed by atoms with Crippen LogP contribution < -0.4 is 0 Å². The zero-order valence-electron chi connectivity index (χ0n) is 9.47. The molecule has 1 N–H and O–H groups in total. The van der Waals surface area contributed by atoms with Crippen molar-refractivity contribution in [3.8, 4) is 0 Å². The molecule has 0 amide bonds. The molecule has 0 saturated carbocycles. The van der Waals surface area contributed by atoms with Crippen LogP contribution in [0.5, 0.6) is 0 Å². The Kier molecular flexibility index (Phi) is 4.28. The number of halogens is 1. The molecule has 0 heterocycles. The Bertz CT molecular complexity index is 555. The summed E-state index contributed by atoms with van der Waals surface area (Å²) >= 11 is 7.54. The van der Waals surface area contributed by atoms with Gasteiger partial charge in [0.2, 0.25) is 0 Å². The summed E-state index contributed by atoms with van der Waals surface area (Å²) in [6.07, 6.45) is 0. The van der Waals surface area contributed by atoms with Crippen molar-refractivity contribution in [3.05, 3.63) is 64.7 Å². The molecular weight excluding hydrogens is 268 g/mol. The minimum atomic E-state index is -1.00. The number of benzene rings is 2. The Morgan fingerprint density at radius 2 is 1.89 bits per heavy atom. The quantitative estimate of drug-likeness (QED) is 0.846.